The van der Waals surface area contributed by atoms with Gasteiger partial charge in [0.05, 0.1) is 0 Å². The Kier molecular flexibility index (Phi) is 3.48. The lowest BCUT2D eigenvalue weighted by Gasteiger charge is -2.41. The highest BCUT2D eigenvalue weighted by Gasteiger charge is 2.36. The van der Waals surface area contributed by atoms with Crippen molar-refractivity contribution in [2.24, 2.45) is 11.7 Å². The lowest BCUT2D eigenvalue weighted by Crippen LogP contribution is -2.43. The van der Waals surface area contributed by atoms with Gasteiger partial charge in [0.15, 0.2) is 0 Å². The molecule has 1 aromatic carbocycles. The molecule has 1 aliphatic carbocycles. The zero-order valence-corrected chi connectivity index (χ0v) is 11.6. The predicted molar refractivity (Wildman–Crippen MR) is 76.7 cm³/mol. The van der Waals surface area contributed by atoms with Crippen molar-refractivity contribution in [2.75, 3.05) is 11.4 Å². The van der Waals surface area contributed by atoms with E-state index in [0.717, 1.165) is 18.2 Å². The average Bonchev–Trinajstić information content (AvgIpc) is 2.85. The van der Waals surface area contributed by atoms with Crippen LogP contribution in [-0.2, 0) is 0 Å². The van der Waals surface area contributed by atoms with Crippen molar-refractivity contribution >= 4 is 5.69 Å². The Morgan fingerprint density at radius 3 is 2.84 bits per heavy atom. The summed E-state index contributed by atoms with van der Waals surface area (Å²) in [4.78, 5) is 2.43. The standard InChI is InChI=1S/C16H23FN2/c1-11(18)16-13(17)7-3-9-15(16)19-10-4-6-12-5-2-8-14(12)19/h3,7,9,11-12,14H,2,4-6,8,10,18H2,1H3/t11-,12?,14?/m0/s1. The highest BCUT2D eigenvalue weighted by Crippen LogP contribution is 2.41. The van der Waals surface area contributed by atoms with Gasteiger partial charge < -0.3 is 10.6 Å². The number of benzene rings is 1. The van der Waals surface area contributed by atoms with E-state index in [0.29, 0.717) is 11.6 Å². The van der Waals surface area contributed by atoms with Crippen molar-refractivity contribution in [3.05, 3.63) is 29.6 Å². The van der Waals surface area contributed by atoms with Crippen molar-refractivity contribution in [3.8, 4) is 0 Å². The van der Waals surface area contributed by atoms with Crippen LogP contribution in [0.3, 0.4) is 0 Å². The van der Waals surface area contributed by atoms with Crippen LogP contribution in [0.1, 0.15) is 50.6 Å². The monoisotopic (exact) mass is 262 g/mol. The molecule has 3 rings (SSSR count). The SMILES string of the molecule is C[C@H](N)c1c(F)cccc1N1CCCC2CCCC21. The molecular weight excluding hydrogens is 239 g/mol. The first kappa shape index (κ1) is 12.9. The molecule has 19 heavy (non-hydrogen) atoms. The highest BCUT2D eigenvalue weighted by molar-refractivity contribution is 5.57. The second-order valence-electron chi connectivity index (χ2n) is 6.06. The number of anilines is 1. The van der Waals surface area contributed by atoms with Crippen molar-refractivity contribution in [2.45, 2.75) is 51.1 Å². The van der Waals surface area contributed by atoms with E-state index in [-0.39, 0.29) is 11.9 Å². The number of nitrogens with two attached hydrogens (primary N) is 1. The van der Waals surface area contributed by atoms with Crippen LogP contribution in [0.4, 0.5) is 10.1 Å². The van der Waals surface area contributed by atoms with Gasteiger partial charge in [-0.05, 0) is 50.7 Å². The van der Waals surface area contributed by atoms with Gasteiger partial charge in [0, 0.05) is 29.9 Å². The van der Waals surface area contributed by atoms with E-state index < -0.39 is 0 Å². The third kappa shape index (κ3) is 2.25. The van der Waals surface area contributed by atoms with E-state index in [4.69, 9.17) is 5.73 Å². The van der Waals surface area contributed by atoms with Crippen LogP contribution < -0.4 is 10.6 Å². The minimum absolute atomic E-state index is 0.160. The fourth-order valence-corrected chi connectivity index (χ4v) is 3.98. The van der Waals surface area contributed by atoms with Gasteiger partial charge in [-0.2, -0.15) is 0 Å². The zero-order chi connectivity index (χ0) is 13.4. The summed E-state index contributed by atoms with van der Waals surface area (Å²) < 4.78 is 14.1. The number of hydrogen-bond acceptors (Lipinski definition) is 2. The molecule has 0 spiro atoms. The van der Waals surface area contributed by atoms with Gasteiger partial charge in [-0.1, -0.05) is 12.5 Å². The number of halogens is 1. The number of nitrogens with zero attached hydrogens (tertiary/aromatic N) is 1. The summed E-state index contributed by atoms with van der Waals surface area (Å²) in [6.07, 6.45) is 6.46. The van der Waals surface area contributed by atoms with Crippen LogP contribution >= 0.6 is 0 Å². The van der Waals surface area contributed by atoms with Crippen LogP contribution in [0.25, 0.3) is 0 Å². The molecular formula is C16H23FN2. The Bertz CT molecular complexity index is 458. The molecule has 2 nitrogen and oxygen atoms in total. The van der Waals surface area contributed by atoms with Gasteiger partial charge in [-0.3, -0.25) is 0 Å². The van der Waals surface area contributed by atoms with Crippen molar-refractivity contribution in [3.63, 3.8) is 0 Å². The van der Waals surface area contributed by atoms with E-state index in [1.54, 1.807) is 0 Å². The zero-order valence-electron chi connectivity index (χ0n) is 11.6. The summed E-state index contributed by atoms with van der Waals surface area (Å²) in [5.74, 6) is 0.644. The van der Waals surface area contributed by atoms with Crippen LogP contribution in [0.5, 0.6) is 0 Å². The molecule has 3 heteroatoms. The number of rotatable bonds is 2. The van der Waals surface area contributed by atoms with Gasteiger partial charge >= 0.3 is 0 Å². The molecule has 2 N–H and O–H groups in total. The molecule has 2 unspecified atom stereocenters. The Morgan fingerprint density at radius 1 is 1.26 bits per heavy atom. The fraction of sp³-hybridized carbons (Fsp3) is 0.625. The Morgan fingerprint density at radius 2 is 2.05 bits per heavy atom. The van der Waals surface area contributed by atoms with Crippen LogP contribution in [0.2, 0.25) is 0 Å². The van der Waals surface area contributed by atoms with Gasteiger partial charge in [0.1, 0.15) is 5.82 Å². The molecule has 2 aliphatic rings. The second-order valence-corrected chi connectivity index (χ2v) is 6.06. The molecule has 0 amide bonds. The smallest absolute Gasteiger partial charge is 0.130 e. The third-order valence-corrected chi connectivity index (χ3v) is 4.79. The Labute approximate surface area is 114 Å². The number of piperidine rings is 1. The minimum atomic E-state index is -0.252. The molecule has 1 saturated heterocycles. The first-order chi connectivity index (χ1) is 9.18. The lowest BCUT2D eigenvalue weighted by atomic mass is 9.90. The average molecular weight is 262 g/mol. The Balaban J connectivity index is 1.99. The fourth-order valence-electron chi connectivity index (χ4n) is 3.98. The molecule has 0 aromatic heterocycles. The van der Waals surface area contributed by atoms with Crippen molar-refractivity contribution < 1.29 is 4.39 Å². The van der Waals surface area contributed by atoms with E-state index >= 15 is 0 Å². The van der Waals surface area contributed by atoms with Gasteiger partial charge in [-0.25, -0.2) is 4.39 Å². The number of hydrogen-bond donors (Lipinski definition) is 1. The minimum Gasteiger partial charge on any atom is -0.368 e. The lowest BCUT2D eigenvalue weighted by molar-refractivity contribution is 0.361. The molecule has 3 atom stereocenters. The van der Waals surface area contributed by atoms with E-state index in [1.807, 2.05) is 19.1 Å². The van der Waals surface area contributed by atoms with Gasteiger partial charge in [-0.15, -0.1) is 0 Å². The quantitative estimate of drug-likeness (QED) is 0.882. The third-order valence-electron chi connectivity index (χ3n) is 4.79. The summed E-state index contributed by atoms with van der Waals surface area (Å²) in [6.45, 7) is 2.92. The first-order valence-corrected chi connectivity index (χ1v) is 7.49. The summed E-state index contributed by atoms with van der Waals surface area (Å²) in [7, 11) is 0. The molecule has 1 aliphatic heterocycles. The normalized spacial score (nSPS) is 28.3. The molecule has 104 valence electrons. The summed E-state index contributed by atoms with van der Waals surface area (Å²) in [6, 6.07) is 5.74. The number of fused-ring (bicyclic) bond motifs is 1. The van der Waals surface area contributed by atoms with Crippen LogP contribution in [0, 0.1) is 11.7 Å². The molecule has 2 fully saturated rings. The maximum atomic E-state index is 14.1. The van der Waals surface area contributed by atoms with E-state index in [1.165, 1.54) is 38.2 Å². The first-order valence-electron chi connectivity index (χ1n) is 7.49. The largest absolute Gasteiger partial charge is 0.368 e. The van der Waals surface area contributed by atoms with Crippen LogP contribution in [-0.4, -0.2) is 12.6 Å². The van der Waals surface area contributed by atoms with E-state index in [2.05, 4.69) is 4.90 Å². The molecule has 0 radical (unpaired) electrons. The molecule has 1 aromatic rings. The summed E-state index contributed by atoms with van der Waals surface area (Å²) in [5.41, 5.74) is 7.72. The van der Waals surface area contributed by atoms with Gasteiger partial charge in [0.25, 0.3) is 0 Å². The highest BCUT2D eigenvalue weighted by atomic mass is 19.1. The van der Waals surface area contributed by atoms with E-state index in [9.17, 15) is 4.39 Å². The summed E-state index contributed by atoms with van der Waals surface area (Å²) in [5, 5.41) is 0. The predicted octanol–water partition coefficient (Wildman–Crippen LogP) is 3.61. The summed E-state index contributed by atoms with van der Waals surface area (Å²) >= 11 is 0. The maximum Gasteiger partial charge on any atom is 0.130 e. The van der Waals surface area contributed by atoms with Crippen molar-refractivity contribution in [1.29, 1.82) is 0 Å². The van der Waals surface area contributed by atoms with Crippen molar-refractivity contribution in [1.82, 2.24) is 0 Å². The molecule has 0 bridgehead atoms. The molecule has 1 saturated carbocycles. The second kappa shape index (κ2) is 5.12. The van der Waals surface area contributed by atoms with Crippen LogP contribution in [0.15, 0.2) is 18.2 Å². The topological polar surface area (TPSA) is 29.3 Å². The Hall–Kier alpha value is -1.09. The maximum absolute atomic E-state index is 14.1. The molecule has 1 heterocycles. The van der Waals surface area contributed by atoms with Gasteiger partial charge in [0.2, 0.25) is 0 Å².